The number of benzene rings is 1. The van der Waals surface area contributed by atoms with Crippen molar-refractivity contribution in [1.29, 1.82) is 0 Å². The summed E-state index contributed by atoms with van der Waals surface area (Å²) in [5.41, 5.74) is 0. The molecule has 152 valence electrons. The number of methoxy groups -OCH3 is 1. The van der Waals surface area contributed by atoms with Crippen LogP contribution in [0.25, 0.3) is 0 Å². The third-order valence-electron chi connectivity index (χ3n) is 4.56. The van der Waals surface area contributed by atoms with E-state index in [1.165, 1.54) is 15.6 Å². The Morgan fingerprint density at radius 1 is 1.29 bits per heavy atom. The number of sulfonamides is 1. The van der Waals surface area contributed by atoms with E-state index in [2.05, 4.69) is 5.32 Å². The standard InChI is InChI=1S/C19H24N2O5S2/c1-25-16-6-2-7-17(13-16)26-11-9-20-19(22)15-5-3-10-21(14-15)28(23,24)18-8-4-12-27-18/h2,4,6-8,12-13,15H,3,5,9-11,14H2,1H3,(H,20,22). The highest BCUT2D eigenvalue weighted by atomic mass is 32.2. The van der Waals surface area contributed by atoms with Crippen LogP contribution in [-0.4, -0.2) is 52.0 Å². The molecule has 1 saturated heterocycles. The normalized spacial score (nSPS) is 17.8. The molecule has 0 saturated carbocycles. The van der Waals surface area contributed by atoms with Crippen LogP contribution in [0.2, 0.25) is 0 Å². The van der Waals surface area contributed by atoms with Crippen molar-refractivity contribution in [2.45, 2.75) is 17.1 Å². The highest BCUT2D eigenvalue weighted by Crippen LogP contribution is 2.26. The van der Waals surface area contributed by atoms with Crippen molar-refractivity contribution in [3.8, 4) is 11.5 Å². The zero-order valence-electron chi connectivity index (χ0n) is 15.7. The lowest BCUT2D eigenvalue weighted by Gasteiger charge is -2.30. The lowest BCUT2D eigenvalue weighted by Crippen LogP contribution is -2.45. The van der Waals surface area contributed by atoms with E-state index < -0.39 is 10.0 Å². The number of ether oxygens (including phenoxy) is 2. The molecule has 0 spiro atoms. The minimum absolute atomic E-state index is 0.139. The average molecular weight is 425 g/mol. The minimum Gasteiger partial charge on any atom is -0.497 e. The zero-order chi connectivity index (χ0) is 20.0. The van der Waals surface area contributed by atoms with E-state index in [-0.39, 0.29) is 18.4 Å². The molecule has 1 aromatic heterocycles. The van der Waals surface area contributed by atoms with E-state index in [1.54, 1.807) is 30.7 Å². The zero-order valence-corrected chi connectivity index (χ0v) is 17.3. The molecule has 1 aromatic carbocycles. The molecular weight excluding hydrogens is 400 g/mol. The monoisotopic (exact) mass is 424 g/mol. The summed E-state index contributed by atoms with van der Waals surface area (Å²) in [5.74, 6) is 0.885. The van der Waals surface area contributed by atoms with Gasteiger partial charge >= 0.3 is 0 Å². The van der Waals surface area contributed by atoms with Gasteiger partial charge in [0, 0.05) is 19.2 Å². The third-order valence-corrected chi connectivity index (χ3v) is 7.79. The van der Waals surface area contributed by atoms with Crippen LogP contribution < -0.4 is 14.8 Å². The number of rotatable bonds is 8. The molecule has 1 N–H and O–H groups in total. The summed E-state index contributed by atoms with van der Waals surface area (Å²) in [6.45, 7) is 1.33. The largest absolute Gasteiger partial charge is 0.497 e. The van der Waals surface area contributed by atoms with Gasteiger partial charge in [-0.3, -0.25) is 4.79 Å². The van der Waals surface area contributed by atoms with Crippen LogP contribution in [0.15, 0.2) is 46.0 Å². The number of carbonyl (C=O) groups is 1. The van der Waals surface area contributed by atoms with Gasteiger partial charge in [-0.1, -0.05) is 12.1 Å². The second-order valence-electron chi connectivity index (χ2n) is 6.45. The van der Waals surface area contributed by atoms with Crippen LogP contribution in [0.1, 0.15) is 12.8 Å². The fourth-order valence-corrected chi connectivity index (χ4v) is 5.76. The Morgan fingerprint density at radius 2 is 2.11 bits per heavy atom. The molecule has 7 nitrogen and oxygen atoms in total. The van der Waals surface area contributed by atoms with Gasteiger partial charge in [-0.25, -0.2) is 8.42 Å². The average Bonchev–Trinajstić information content (AvgIpc) is 3.27. The minimum atomic E-state index is -3.52. The van der Waals surface area contributed by atoms with E-state index in [4.69, 9.17) is 9.47 Å². The number of amides is 1. The van der Waals surface area contributed by atoms with Gasteiger partial charge in [-0.05, 0) is 36.4 Å². The molecular formula is C19H24N2O5S2. The molecule has 0 bridgehead atoms. The summed E-state index contributed by atoms with van der Waals surface area (Å²) < 4.78 is 37.8. The van der Waals surface area contributed by atoms with Crippen LogP contribution in [0.5, 0.6) is 11.5 Å². The Labute approximate surface area is 169 Å². The number of piperidine rings is 1. The van der Waals surface area contributed by atoms with Gasteiger partial charge in [0.15, 0.2) is 0 Å². The van der Waals surface area contributed by atoms with Crippen LogP contribution in [0.4, 0.5) is 0 Å². The Bertz CT molecular complexity index is 883. The summed E-state index contributed by atoms with van der Waals surface area (Å²) in [4.78, 5) is 12.5. The van der Waals surface area contributed by atoms with Crippen molar-refractivity contribution in [3.05, 3.63) is 41.8 Å². The number of carbonyl (C=O) groups excluding carboxylic acids is 1. The predicted octanol–water partition coefficient (Wildman–Crippen LogP) is 2.35. The first-order valence-corrected chi connectivity index (χ1v) is 11.4. The van der Waals surface area contributed by atoms with E-state index in [0.29, 0.717) is 48.2 Å². The van der Waals surface area contributed by atoms with Gasteiger partial charge in [0.2, 0.25) is 5.91 Å². The van der Waals surface area contributed by atoms with Crippen molar-refractivity contribution in [2.24, 2.45) is 5.92 Å². The first kappa shape index (κ1) is 20.6. The van der Waals surface area contributed by atoms with Gasteiger partial charge in [0.1, 0.15) is 22.3 Å². The van der Waals surface area contributed by atoms with Crippen molar-refractivity contribution in [3.63, 3.8) is 0 Å². The Hall–Kier alpha value is -2.10. The predicted molar refractivity (Wildman–Crippen MR) is 107 cm³/mol. The summed E-state index contributed by atoms with van der Waals surface area (Å²) in [5, 5.41) is 4.58. The number of thiophene rings is 1. The molecule has 1 unspecified atom stereocenters. The highest BCUT2D eigenvalue weighted by Gasteiger charge is 2.33. The van der Waals surface area contributed by atoms with E-state index >= 15 is 0 Å². The lowest BCUT2D eigenvalue weighted by molar-refractivity contribution is -0.126. The molecule has 2 heterocycles. The first-order chi connectivity index (χ1) is 13.5. The number of hydrogen-bond acceptors (Lipinski definition) is 6. The van der Waals surface area contributed by atoms with Crippen molar-refractivity contribution in [1.82, 2.24) is 9.62 Å². The number of nitrogens with zero attached hydrogens (tertiary/aromatic N) is 1. The van der Waals surface area contributed by atoms with Gasteiger partial charge in [0.25, 0.3) is 10.0 Å². The molecule has 1 aliphatic heterocycles. The second-order valence-corrected chi connectivity index (χ2v) is 9.57. The van der Waals surface area contributed by atoms with Gasteiger partial charge < -0.3 is 14.8 Å². The highest BCUT2D eigenvalue weighted by molar-refractivity contribution is 7.91. The smallest absolute Gasteiger partial charge is 0.252 e. The fourth-order valence-electron chi connectivity index (χ4n) is 3.09. The topological polar surface area (TPSA) is 84.9 Å². The quantitative estimate of drug-likeness (QED) is 0.658. The molecule has 0 aliphatic carbocycles. The van der Waals surface area contributed by atoms with Gasteiger partial charge in [-0.2, -0.15) is 4.31 Å². The second kappa shape index (κ2) is 9.40. The molecule has 0 radical (unpaired) electrons. The van der Waals surface area contributed by atoms with E-state index in [1.807, 2.05) is 18.2 Å². The molecule has 28 heavy (non-hydrogen) atoms. The Kier molecular flexibility index (Phi) is 6.93. The maximum atomic E-state index is 12.7. The van der Waals surface area contributed by atoms with Crippen molar-refractivity contribution < 1.29 is 22.7 Å². The van der Waals surface area contributed by atoms with Crippen LogP contribution >= 0.6 is 11.3 Å². The molecule has 9 heteroatoms. The molecule has 1 fully saturated rings. The number of hydrogen-bond donors (Lipinski definition) is 1. The Morgan fingerprint density at radius 3 is 2.86 bits per heavy atom. The molecule has 1 atom stereocenters. The van der Waals surface area contributed by atoms with E-state index in [9.17, 15) is 13.2 Å². The van der Waals surface area contributed by atoms with Crippen molar-refractivity contribution in [2.75, 3.05) is 33.4 Å². The maximum absolute atomic E-state index is 12.7. The summed E-state index contributed by atoms with van der Waals surface area (Å²) in [7, 11) is -1.93. The van der Waals surface area contributed by atoms with Crippen LogP contribution in [-0.2, 0) is 14.8 Å². The van der Waals surface area contributed by atoms with Gasteiger partial charge in [-0.15, -0.1) is 11.3 Å². The molecule has 2 aromatic rings. The lowest BCUT2D eigenvalue weighted by atomic mass is 9.99. The molecule has 3 rings (SSSR count). The third kappa shape index (κ3) is 5.03. The molecule has 1 amide bonds. The summed E-state index contributed by atoms with van der Waals surface area (Å²) >= 11 is 1.19. The van der Waals surface area contributed by atoms with Crippen molar-refractivity contribution >= 4 is 27.3 Å². The fraction of sp³-hybridized carbons (Fsp3) is 0.421. The van der Waals surface area contributed by atoms with E-state index in [0.717, 1.165) is 0 Å². The molecule has 1 aliphatic rings. The summed E-state index contributed by atoms with van der Waals surface area (Å²) in [6.07, 6.45) is 1.35. The van der Waals surface area contributed by atoms with Crippen LogP contribution in [0, 0.1) is 5.92 Å². The number of nitrogens with one attached hydrogen (secondary N) is 1. The van der Waals surface area contributed by atoms with Gasteiger partial charge in [0.05, 0.1) is 19.6 Å². The van der Waals surface area contributed by atoms with Crippen LogP contribution in [0.3, 0.4) is 0 Å². The summed E-state index contributed by atoms with van der Waals surface area (Å²) in [6, 6.07) is 10.6. The first-order valence-electron chi connectivity index (χ1n) is 9.09. The Balaban J connectivity index is 1.47. The maximum Gasteiger partial charge on any atom is 0.252 e. The SMILES string of the molecule is COc1cccc(OCCNC(=O)C2CCCN(S(=O)(=O)c3cccs3)C2)c1.